The van der Waals surface area contributed by atoms with Crippen LogP contribution < -0.4 is 15.4 Å². The highest BCUT2D eigenvalue weighted by molar-refractivity contribution is 14.0. The molecule has 8 heteroatoms. The van der Waals surface area contributed by atoms with E-state index in [1.165, 1.54) is 10.4 Å². The van der Waals surface area contributed by atoms with Crippen LogP contribution in [0.4, 0.5) is 0 Å². The van der Waals surface area contributed by atoms with E-state index in [0.717, 1.165) is 29.8 Å². The average molecular weight is 503 g/mol. The van der Waals surface area contributed by atoms with Crippen molar-refractivity contribution in [3.8, 4) is 5.75 Å². The fourth-order valence-electron chi connectivity index (χ4n) is 2.58. The molecule has 0 radical (unpaired) electrons. The number of aliphatic imine (C=N–C) groups is 1. The zero-order valence-electron chi connectivity index (χ0n) is 16.7. The summed E-state index contributed by atoms with van der Waals surface area (Å²) in [6.45, 7) is 6.28. The van der Waals surface area contributed by atoms with Gasteiger partial charge in [0.05, 0.1) is 19.7 Å². The van der Waals surface area contributed by atoms with Gasteiger partial charge in [0.1, 0.15) is 10.8 Å². The highest BCUT2D eigenvalue weighted by Gasteiger charge is 2.15. The second-order valence-electron chi connectivity index (χ2n) is 6.19. The lowest BCUT2D eigenvalue weighted by atomic mass is 10.1. The van der Waals surface area contributed by atoms with Gasteiger partial charge in [-0.25, -0.2) is 9.98 Å². The third kappa shape index (κ3) is 7.63. The number of nitrogens with one attached hydrogen (secondary N) is 2. The van der Waals surface area contributed by atoms with Crippen molar-refractivity contribution in [2.75, 3.05) is 34.3 Å². The van der Waals surface area contributed by atoms with Crippen LogP contribution in [0.1, 0.15) is 28.4 Å². The normalized spacial score (nSPS) is 12.4. The van der Waals surface area contributed by atoms with Crippen LogP contribution in [0, 0.1) is 6.92 Å². The minimum Gasteiger partial charge on any atom is -0.497 e. The van der Waals surface area contributed by atoms with Gasteiger partial charge in [-0.1, -0.05) is 12.1 Å². The number of benzene rings is 1. The molecule has 0 fully saturated rings. The molecule has 6 nitrogen and oxygen atoms in total. The van der Waals surface area contributed by atoms with Crippen LogP contribution in [0.15, 0.2) is 35.5 Å². The zero-order valence-corrected chi connectivity index (χ0v) is 19.8. The van der Waals surface area contributed by atoms with Crippen LogP contribution in [0.2, 0.25) is 0 Å². The maximum absolute atomic E-state index is 5.25. The number of hydrogen-bond donors (Lipinski definition) is 2. The molecule has 0 amide bonds. The van der Waals surface area contributed by atoms with E-state index < -0.39 is 0 Å². The van der Waals surface area contributed by atoms with Crippen molar-refractivity contribution in [1.29, 1.82) is 0 Å². The molecule has 0 bridgehead atoms. The zero-order chi connectivity index (χ0) is 18.9. The van der Waals surface area contributed by atoms with E-state index in [9.17, 15) is 0 Å². The van der Waals surface area contributed by atoms with E-state index in [1.807, 2.05) is 18.3 Å². The van der Waals surface area contributed by atoms with Gasteiger partial charge in [-0.15, -0.1) is 35.3 Å². The first-order valence-corrected chi connectivity index (χ1v) is 9.59. The first-order valence-electron chi connectivity index (χ1n) is 8.77. The van der Waals surface area contributed by atoms with Crippen molar-refractivity contribution in [3.63, 3.8) is 0 Å². The highest BCUT2D eigenvalue weighted by atomic mass is 127. The molecule has 2 aromatic rings. The van der Waals surface area contributed by atoms with Gasteiger partial charge in [0.25, 0.3) is 0 Å². The first-order chi connectivity index (χ1) is 12.5. The van der Waals surface area contributed by atoms with Gasteiger partial charge in [0, 0.05) is 24.2 Å². The van der Waals surface area contributed by atoms with E-state index in [2.05, 4.69) is 65.6 Å². The second kappa shape index (κ2) is 12.1. The predicted molar refractivity (Wildman–Crippen MR) is 125 cm³/mol. The largest absolute Gasteiger partial charge is 0.497 e. The number of thiazole rings is 1. The number of aryl methyl sites for hydroxylation is 1. The number of likely N-dealkylation sites (N-methyl/N-ethyl adjacent to an activating group) is 1. The molecule has 0 aliphatic heterocycles. The van der Waals surface area contributed by atoms with Crippen LogP contribution >= 0.6 is 35.3 Å². The molecule has 0 saturated carbocycles. The SMILES string of the molecule is CCNC(=NCc1ncc(C)s1)NCC(c1ccc(OC)cc1)N(C)C.I. The van der Waals surface area contributed by atoms with E-state index in [4.69, 9.17) is 4.74 Å². The maximum Gasteiger partial charge on any atom is 0.191 e. The van der Waals surface area contributed by atoms with Crippen molar-refractivity contribution >= 4 is 41.3 Å². The van der Waals surface area contributed by atoms with E-state index >= 15 is 0 Å². The van der Waals surface area contributed by atoms with Gasteiger partial charge in [-0.2, -0.15) is 0 Å². The van der Waals surface area contributed by atoms with Gasteiger partial charge in [0.2, 0.25) is 0 Å². The summed E-state index contributed by atoms with van der Waals surface area (Å²) in [7, 11) is 5.85. The summed E-state index contributed by atoms with van der Waals surface area (Å²) in [5.41, 5.74) is 1.23. The molecule has 1 heterocycles. The first kappa shape index (κ1) is 23.6. The van der Waals surface area contributed by atoms with Gasteiger partial charge in [-0.3, -0.25) is 0 Å². The van der Waals surface area contributed by atoms with Crippen LogP contribution in [-0.4, -0.2) is 50.1 Å². The average Bonchev–Trinajstić information content (AvgIpc) is 3.05. The quantitative estimate of drug-likeness (QED) is 0.329. The standard InChI is InChI=1S/C19H29N5OS.HI/c1-6-20-19(23-13-18-21-11-14(2)26-18)22-12-17(24(3)4)15-7-9-16(25-5)10-8-15;/h7-11,17H,6,12-13H2,1-5H3,(H2,20,22,23);1H. The van der Waals surface area contributed by atoms with Crippen LogP contribution in [-0.2, 0) is 6.54 Å². The van der Waals surface area contributed by atoms with Crippen molar-refractivity contribution in [2.24, 2.45) is 4.99 Å². The van der Waals surface area contributed by atoms with Crippen LogP contribution in [0.5, 0.6) is 5.75 Å². The number of methoxy groups -OCH3 is 1. The third-order valence-electron chi connectivity index (χ3n) is 3.97. The molecule has 0 aliphatic carbocycles. The third-order valence-corrected chi connectivity index (χ3v) is 4.87. The number of aromatic nitrogens is 1. The Morgan fingerprint density at radius 1 is 1.26 bits per heavy atom. The molecule has 0 spiro atoms. The van der Waals surface area contributed by atoms with Crippen molar-refractivity contribution in [3.05, 3.63) is 45.9 Å². The number of guanidine groups is 1. The number of nitrogens with zero attached hydrogens (tertiary/aromatic N) is 3. The van der Waals surface area contributed by atoms with Crippen molar-refractivity contribution < 1.29 is 4.74 Å². The smallest absolute Gasteiger partial charge is 0.191 e. The number of hydrogen-bond acceptors (Lipinski definition) is 5. The summed E-state index contributed by atoms with van der Waals surface area (Å²) in [6, 6.07) is 8.43. The molecule has 1 aromatic carbocycles. The molecule has 1 aromatic heterocycles. The monoisotopic (exact) mass is 503 g/mol. The summed E-state index contributed by atoms with van der Waals surface area (Å²) in [6.07, 6.45) is 1.89. The fraction of sp³-hybridized carbons (Fsp3) is 0.474. The Balaban J connectivity index is 0.00000364. The summed E-state index contributed by atoms with van der Waals surface area (Å²) in [5.74, 6) is 1.67. The number of halogens is 1. The van der Waals surface area contributed by atoms with Crippen LogP contribution in [0.3, 0.4) is 0 Å². The predicted octanol–water partition coefficient (Wildman–Crippen LogP) is 3.44. The second-order valence-corrected chi connectivity index (χ2v) is 7.51. The lowest BCUT2D eigenvalue weighted by Gasteiger charge is -2.26. The van der Waals surface area contributed by atoms with Crippen molar-refractivity contribution in [1.82, 2.24) is 20.5 Å². The highest BCUT2D eigenvalue weighted by Crippen LogP contribution is 2.20. The maximum atomic E-state index is 5.25. The molecule has 1 unspecified atom stereocenters. The minimum absolute atomic E-state index is 0. The molecule has 2 rings (SSSR count). The number of ether oxygens (including phenoxy) is 1. The lowest BCUT2D eigenvalue weighted by Crippen LogP contribution is -2.41. The van der Waals surface area contributed by atoms with Gasteiger partial charge in [0.15, 0.2) is 5.96 Å². The van der Waals surface area contributed by atoms with Gasteiger partial charge < -0.3 is 20.3 Å². The van der Waals surface area contributed by atoms with E-state index in [0.29, 0.717) is 6.54 Å². The van der Waals surface area contributed by atoms with Crippen LogP contribution in [0.25, 0.3) is 0 Å². The molecular formula is C19H30IN5OS. The van der Waals surface area contributed by atoms with E-state index in [1.54, 1.807) is 18.4 Å². The molecule has 1 atom stereocenters. The number of rotatable bonds is 8. The summed E-state index contributed by atoms with van der Waals surface area (Å²) < 4.78 is 5.25. The topological polar surface area (TPSA) is 61.8 Å². The molecule has 0 saturated heterocycles. The Labute approximate surface area is 183 Å². The molecule has 0 aliphatic rings. The fourth-order valence-corrected chi connectivity index (χ4v) is 3.29. The minimum atomic E-state index is 0. The summed E-state index contributed by atoms with van der Waals surface area (Å²) in [4.78, 5) is 12.4. The summed E-state index contributed by atoms with van der Waals surface area (Å²) in [5, 5.41) is 7.78. The Hall–Kier alpha value is -1.39. The molecule has 2 N–H and O–H groups in total. The summed E-state index contributed by atoms with van der Waals surface area (Å²) >= 11 is 1.68. The molecule has 27 heavy (non-hydrogen) atoms. The molecular weight excluding hydrogens is 473 g/mol. The lowest BCUT2D eigenvalue weighted by molar-refractivity contribution is 0.298. The van der Waals surface area contributed by atoms with E-state index in [-0.39, 0.29) is 30.0 Å². The van der Waals surface area contributed by atoms with Gasteiger partial charge in [-0.05, 0) is 45.6 Å². The Kier molecular flexibility index (Phi) is 10.6. The van der Waals surface area contributed by atoms with Gasteiger partial charge >= 0.3 is 0 Å². The Morgan fingerprint density at radius 3 is 2.48 bits per heavy atom. The Bertz CT molecular complexity index is 702. The Morgan fingerprint density at radius 2 is 1.96 bits per heavy atom. The molecule has 150 valence electrons. The van der Waals surface area contributed by atoms with Crippen molar-refractivity contribution in [2.45, 2.75) is 26.4 Å².